The predicted molar refractivity (Wildman–Crippen MR) is 109 cm³/mol. The number of unbranched alkanes of at least 4 members (excludes halogenated alkanes) is 1. The highest BCUT2D eigenvalue weighted by Gasteiger charge is 2.22. The summed E-state index contributed by atoms with van der Waals surface area (Å²) in [5, 5.41) is 9.87. The zero-order valence-corrected chi connectivity index (χ0v) is 17.9. The van der Waals surface area contributed by atoms with Crippen LogP contribution in [0.15, 0.2) is 18.2 Å². The molecule has 25 heavy (non-hydrogen) atoms. The summed E-state index contributed by atoms with van der Waals surface area (Å²) in [7, 11) is 0. The molecule has 0 saturated carbocycles. The second kappa shape index (κ2) is 9.28. The molecule has 1 rings (SSSR count). The topological polar surface area (TPSA) is 29.5 Å². The molecule has 0 radical (unpaired) electrons. The van der Waals surface area contributed by atoms with Crippen molar-refractivity contribution >= 4 is 11.6 Å². The van der Waals surface area contributed by atoms with E-state index in [1.54, 1.807) is 0 Å². The smallest absolute Gasteiger partial charge is 0.164 e. The molecule has 2 unspecified atom stereocenters. The van der Waals surface area contributed by atoms with E-state index in [4.69, 9.17) is 16.3 Å². The van der Waals surface area contributed by atoms with Crippen molar-refractivity contribution in [3.05, 3.63) is 29.3 Å². The first-order chi connectivity index (χ1) is 11.4. The van der Waals surface area contributed by atoms with E-state index >= 15 is 0 Å². The third-order valence-corrected chi connectivity index (χ3v) is 4.29. The van der Waals surface area contributed by atoms with E-state index in [-0.39, 0.29) is 16.9 Å². The van der Waals surface area contributed by atoms with E-state index in [2.05, 4.69) is 66.7 Å². The van der Waals surface area contributed by atoms with Crippen LogP contribution in [0.1, 0.15) is 78.9 Å². The van der Waals surface area contributed by atoms with Gasteiger partial charge < -0.3 is 9.84 Å². The van der Waals surface area contributed by atoms with E-state index in [1.807, 2.05) is 0 Å². The Kier molecular flexibility index (Phi) is 8.28. The Balaban J connectivity index is 3.10. The van der Waals surface area contributed by atoms with Crippen molar-refractivity contribution in [3.63, 3.8) is 0 Å². The second-order valence-electron chi connectivity index (χ2n) is 9.59. The van der Waals surface area contributed by atoms with E-state index < -0.39 is 5.56 Å². The standard InChI is InChI=1S/C22H37ClO2/c1-8-9-10-19(20(23)24)25-18-12-11-16(14-21(2,3)4)13-17(18)15-22(5,6)7/h11-13,19-20,24H,8-10,14-15H2,1-7H3. The average Bonchev–Trinajstić information content (AvgIpc) is 2.41. The van der Waals surface area contributed by atoms with Crippen LogP contribution in [0.5, 0.6) is 5.75 Å². The average molecular weight is 369 g/mol. The number of hydrogen-bond donors (Lipinski definition) is 1. The molecule has 0 heterocycles. The molecule has 144 valence electrons. The molecule has 0 aliphatic rings. The maximum Gasteiger partial charge on any atom is 0.164 e. The van der Waals surface area contributed by atoms with Crippen LogP contribution in [-0.4, -0.2) is 16.8 Å². The summed E-state index contributed by atoms with van der Waals surface area (Å²) in [5.41, 5.74) is 1.96. The minimum Gasteiger partial charge on any atom is -0.486 e. The van der Waals surface area contributed by atoms with Crippen LogP contribution in [-0.2, 0) is 12.8 Å². The van der Waals surface area contributed by atoms with Gasteiger partial charge in [-0.15, -0.1) is 0 Å². The summed E-state index contributed by atoms with van der Waals surface area (Å²) in [6.45, 7) is 15.6. The molecule has 0 spiro atoms. The molecule has 1 aromatic carbocycles. The van der Waals surface area contributed by atoms with Gasteiger partial charge in [0, 0.05) is 0 Å². The van der Waals surface area contributed by atoms with Crippen LogP contribution in [0.4, 0.5) is 0 Å². The van der Waals surface area contributed by atoms with E-state index in [0.29, 0.717) is 0 Å². The monoisotopic (exact) mass is 368 g/mol. The number of hydrogen-bond acceptors (Lipinski definition) is 2. The van der Waals surface area contributed by atoms with E-state index in [1.165, 1.54) is 11.1 Å². The van der Waals surface area contributed by atoms with Crippen molar-refractivity contribution in [1.29, 1.82) is 0 Å². The van der Waals surface area contributed by atoms with Crippen molar-refractivity contribution in [2.24, 2.45) is 10.8 Å². The van der Waals surface area contributed by atoms with E-state index in [0.717, 1.165) is 37.9 Å². The SMILES string of the molecule is CCCCC(Oc1ccc(CC(C)(C)C)cc1CC(C)(C)C)C(O)Cl. The summed E-state index contributed by atoms with van der Waals surface area (Å²) in [4.78, 5) is 0. The molecule has 3 heteroatoms. The molecule has 0 aliphatic heterocycles. The molecule has 1 N–H and O–H groups in total. The summed E-state index contributed by atoms with van der Waals surface area (Å²) in [6.07, 6.45) is 4.41. The quantitative estimate of drug-likeness (QED) is 0.541. The molecule has 2 nitrogen and oxygen atoms in total. The van der Waals surface area contributed by atoms with Gasteiger partial charge in [-0.25, -0.2) is 0 Å². The Morgan fingerprint density at radius 1 is 1.04 bits per heavy atom. The number of ether oxygens (including phenoxy) is 1. The molecule has 2 atom stereocenters. The number of aliphatic hydroxyl groups excluding tert-OH is 1. The number of alkyl halides is 1. The van der Waals surface area contributed by atoms with E-state index in [9.17, 15) is 5.11 Å². The molecule has 0 saturated heterocycles. The Bertz CT molecular complexity index is 524. The number of rotatable bonds is 8. The highest BCUT2D eigenvalue weighted by molar-refractivity contribution is 6.19. The lowest BCUT2D eigenvalue weighted by Gasteiger charge is -2.26. The zero-order valence-electron chi connectivity index (χ0n) is 17.2. The van der Waals surface area contributed by atoms with Gasteiger partial charge in [-0.2, -0.15) is 0 Å². The first kappa shape index (κ1) is 22.3. The minimum atomic E-state index is -0.983. The summed E-state index contributed by atoms with van der Waals surface area (Å²) in [5.74, 6) is 0.855. The van der Waals surface area contributed by atoms with Crippen LogP contribution in [0, 0.1) is 10.8 Å². The third-order valence-electron chi connectivity index (χ3n) is 4.01. The number of halogens is 1. The summed E-state index contributed by atoms with van der Waals surface area (Å²) >= 11 is 5.96. The lowest BCUT2D eigenvalue weighted by molar-refractivity contribution is 0.0789. The first-order valence-corrected chi connectivity index (χ1v) is 9.95. The highest BCUT2D eigenvalue weighted by Crippen LogP contribution is 2.32. The maximum absolute atomic E-state index is 9.87. The molecule has 0 aliphatic carbocycles. The van der Waals surface area contributed by atoms with Gasteiger partial charge in [0.05, 0.1) is 0 Å². The highest BCUT2D eigenvalue weighted by atomic mass is 35.5. The van der Waals surface area contributed by atoms with Gasteiger partial charge >= 0.3 is 0 Å². The lowest BCUT2D eigenvalue weighted by Crippen LogP contribution is -2.28. The van der Waals surface area contributed by atoms with Crippen molar-refractivity contribution in [2.45, 2.75) is 92.2 Å². The Hall–Kier alpha value is -0.730. The largest absolute Gasteiger partial charge is 0.486 e. The molecule has 0 fully saturated rings. The van der Waals surface area contributed by atoms with Gasteiger partial charge in [-0.3, -0.25) is 0 Å². The van der Waals surface area contributed by atoms with Crippen molar-refractivity contribution in [2.75, 3.05) is 0 Å². The molecule has 1 aromatic rings. The van der Waals surface area contributed by atoms with Gasteiger partial charge in [0.15, 0.2) is 5.56 Å². The minimum absolute atomic E-state index is 0.164. The molecule has 0 bridgehead atoms. The third kappa shape index (κ3) is 8.96. The van der Waals surface area contributed by atoms with Crippen LogP contribution in [0.25, 0.3) is 0 Å². The molecule has 0 amide bonds. The van der Waals surface area contributed by atoms with Crippen LogP contribution in [0.3, 0.4) is 0 Å². The first-order valence-electron chi connectivity index (χ1n) is 9.52. The normalized spacial score (nSPS) is 15.1. The fourth-order valence-corrected chi connectivity index (χ4v) is 3.18. The van der Waals surface area contributed by atoms with Gasteiger partial charge in [0.2, 0.25) is 0 Å². The number of aliphatic hydroxyl groups is 1. The molecular formula is C22H37ClO2. The van der Waals surface area contributed by atoms with Crippen molar-refractivity contribution in [3.8, 4) is 5.75 Å². The van der Waals surface area contributed by atoms with Gasteiger partial charge in [-0.1, -0.05) is 78.6 Å². The summed E-state index contributed by atoms with van der Waals surface area (Å²) < 4.78 is 6.16. The second-order valence-corrected chi connectivity index (χ2v) is 10.0. The Morgan fingerprint density at radius 3 is 2.12 bits per heavy atom. The molecular weight excluding hydrogens is 332 g/mol. The van der Waals surface area contributed by atoms with Crippen molar-refractivity contribution in [1.82, 2.24) is 0 Å². The van der Waals surface area contributed by atoms with Crippen LogP contribution >= 0.6 is 11.6 Å². The Labute approximate surface area is 159 Å². The Morgan fingerprint density at radius 2 is 1.64 bits per heavy atom. The summed E-state index contributed by atoms with van der Waals surface area (Å²) in [6, 6.07) is 6.47. The maximum atomic E-state index is 9.87. The van der Waals surface area contributed by atoms with Gasteiger partial charge in [-0.05, 0) is 53.7 Å². The van der Waals surface area contributed by atoms with Gasteiger partial charge in [0.1, 0.15) is 11.9 Å². The fraction of sp³-hybridized carbons (Fsp3) is 0.727. The number of benzene rings is 1. The predicted octanol–water partition coefficient (Wildman–Crippen LogP) is 6.36. The zero-order chi connectivity index (χ0) is 19.3. The van der Waals surface area contributed by atoms with Crippen LogP contribution in [0.2, 0.25) is 0 Å². The lowest BCUT2D eigenvalue weighted by atomic mass is 9.84. The fourth-order valence-electron chi connectivity index (χ4n) is 3.00. The van der Waals surface area contributed by atoms with Gasteiger partial charge in [0.25, 0.3) is 0 Å². The van der Waals surface area contributed by atoms with Crippen LogP contribution < -0.4 is 4.74 Å². The van der Waals surface area contributed by atoms with Crippen molar-refractivity contribution < 1.29 is 9.84 Å². The molecule has 0 aromatic heterocycles.